The summed E-state index contributed by atoms with van der Waals surface area (Å²) in [6.07, 6.45) is 4.18. The number of pyridine rings is 1. The lowest BCUT2D eigenvalue weighted by molar-refractivity contribution is -0.134. The average molecular weight is 417 g/mol. The molecule has 0 bridgehead atoms. The maximum absolute atomic E-state index is 13.5. The number of hydrogen-bond acceptors (Lipinski definition) is 5. The van der Waals surface area contributed by atoms with Gasteiger partial charge >= 0.3 is 5.97 Å². The highest BCUT2D eigenvalue weighted by molar-refractivity contribution is 7.08. The van der Waals surface area contributed by atoms with Crippen LogP contribution in [0, 0.1) is 0 Å². The molecule has 30 heavy (non-hydrogen) atoms. The highest BCUT2D eigenvalue weighted by Gasteiger charge is 2.57. The van der Waals surface area contributed by atoms with Gasteiger partial charge in [-0.3, -0.25) is 9.78 Å². The van der Waals surface area contributed by atoms with Gasteiger partial charge in [0.05, 0.1) is 23.2 Å². The first-order chi connectivity index (χ1) is 14.6. The van der Waals surface area contributed by atoms with E-state index in [1.54, 1.807) is 17.4 Å². The normalized spacial score (nSPS) is 23.5. The van der Waals surface area contributed by atoms with Crippen LogP contribution in [0.25, 0.3) is 11.3 Å². The molecule has 5 nitrogen and oxygen atoms in total. The number of hydrogen-bond donors (Lipinski definition) is 0. The number of nitrogens with zero attached hydrogens (tertiary/aromatic N) is 2. The molecule has 1 saturated carbocycles. The van der Waals surface area contributed by atoms with E-state index in [1.807, 2.05) is 46.8 Å². The van der Waals surface area contributed by atoms with E-state index >= 15 is 0 Å². The fourth-order valence-corrected chi connectivity index (χ4v) is 5.57. The Morgan fingerprint density at radius 1 is 1.10 bits per heavy atom. The number of fused-ring (bicyclic) bond motifs is 2. The number of thiophene rings is 1. The van der Waals surface area contributed by atoms with E-state index in [2.05, 4.69) is 16.4 Å². The lowest BCUT2D eigenvalue weighted by Gasteiger charge is -2.26. The number of aromatic nitrogens is 1. The molecule has 1 spiro atoms. The maximum atomic E-state index is 13.5. The van der Waals surface area contributed by atoms with Crippen LogP contribution in [-0.4, -0.2) is 34.8 Å². The molecule has 6 rings (SSSR count). The molecule has 1 amide bonds. The minimum atomic E-state index is -0.694. The number of carbonyl (C=O) groups is 2. The highest BCUT2D eigenvalue weighted by Crippen LogP contribution is 2.52. The van der Waals surface area contributed by atoms with Gasteiger partial charge < -0.3 is 9.64 Å². The van der Waals surface area contributed by atoms with E-state index in [4.69, 9.17) is 4.74 Å². The van der Waals surface area contributed by atoms with Gasteiger partial charge in [0.2, 0.25) is 5.91 Å². The molecule has 150 valence electrons. The summed E-state index contributed by atoms with van der Waals surface area (Å²) >= 11 is 1.65. The second-order valence-electron chi connectivity index (χ2n) is 8.43. The number of benzene rings is 1. The summed E-state index contributed by atoms with van der Waals surface area (Å²) in [6.45, 7) is 1.03. The largest absolute Gasteiger partial charge is 0.449 e. The van der Waals surface area contributed by atoms with Crippen LogP contribution in [0.15, 0.2) is 59.4 Å². The number of ether oxygens (including phenoxy) is 1. The molecule has 0 radical (unpaired) electrons. The SMILES string of the molecule is O=C1OC2(CCN(C(=O)C3(c4ccc(-c5ccsc5)nc4)CC3)C2)c2ccccc21. The van der Waals surface area contributed by atoms with Crippen molar-refractivity contribution in [2.75, 3.05) is 13.1 Å². The molecule has 2 aliphatic heterocycles. The second kappa shape index (κ2) is 6.25. The zero-order chi connectivity index (χ0) is 20.3. The third-order valence-corrected chi connectivity index (χ3v) is 7.42. The standard InChI is InChI=1S/C24H20N2O3S/c27-21-18-3-1-2-4-19(18)24(29-21)10-11-26(15-24)22(28)23(8-9-23)17-5-6-20(25-13-17)16-7-12-30-14-16/h1-7,12-14H,8-11,15H2. The molecule has 2 fully saturated rings. The molecule has 3 aliphatic rings. The number of carbonyl (C=O) groups excluding carboxylic acids is 2. The summed E-state index contributed by atoms with van der Waals surface area (Å²) in [4.78, 5) is 32.4. The molecule has 1 aromatic carbocycles. The minimum absolute atomic E-state index is 0.130. The van der Waals surface area contributed by atoms with Crippen molar-refractivity contribution in [3.63, 3.8) is 0 Å². The van der Waals surface area contributed by atoms with E-state index in [0.29, 0.717) is 25.1 Å². The van der Waals surface area contributed by atoms with E-state index in [0.717, 1.165) is 35.2 Å². The van der Waals surface area contributed by atoms with Crippen LogP contribution in [0.5, 0.6) is 0 Å². The molecular weight excluding hydrogens is 396 g/mol. The predicted octanol–water partition coefficient (Wildman–Crippen LogP) is 4.14. The van der Waals surface area contributed by atoms with Crippen molar-refractivity contribution in [2.45, 2.75) is 30.3 Å². The molecule has 2 aromatic heterocycles. The van der Waals surface area contributed by atoms with Crippen molar-refractivity contribution >= 4 is 23.2 Å². The zero-order valence-corrected chi connectivity index (χ0v) is 17.2. The summed E-state index contributed by atoms with van der Waals surface area (Å²) in [7, 11) is 0. The van der Waals surface area contributed by atoms with E-state index < -0.39 is 11.0 Å². The molecule has 1 aliphatic carbocycles. The van der Waals surface area contributed by atoms with Crippen LogP contribution < -0.4 is 0 Å². The van der Waals surface area contributed by atoms with Gasteiger partial charge in [-0.1, -0.05) is 24.3 Å². The lowest BCUT2D eigenvalue weighted by atomic mass is 9.91. The Morgan fingerprint density at radius 3 is 2.70 bits per heavy atom. The van der Waals surface area contributed by atoms with E-state index in [-0.39, 0.29) is 11.9 Å². The van der Waals surface area contributed by atoms with Crippen molar-refractivity contribution in [3.05, 3.63) is 76.1 Å². The van der Waals surface area contributed by atoms with Gasteiger partial charge in [0.1, 0.15) is 0 Å². The molecule has 0 N–H and O–H groups in total. The smallest absolute Gasteiger partial charge is 0.339 e. The van der Waals surface area contributed by atoms with Crippen LogP contribution >= 0.6 is 11.3 Å². The van der Waals surface area contributed by atoms with Gasteiger partial charge in [-0.25, -0.2) is 4.79 Å². The molecular formula is C24H20N2O3S. The molecule has 3 aromatic rings. The molecule has 1 unspecified atom stereocenters. The zero-order valence-electron chi connectivity index (χ0n) is 16.3. The Bertz CT molecular complexity index is 1150. The first kappa shape index (κ1) is 17.8. The molecule has 4 heterocycles. The van der Waals surface area contributed by atoms with Gasteiger partial charge in [0.15, 0.2) is 5.60 Å². The Balaban J connectivity index is 1.25. The molecule has 1 saturated heterocycles. The fraction of sp³-hybridized carbons (Fsp3) is 0.292. The van der Waals surface area contributed by atoms with Crippen LogP contribution in [0.3, 0.4) is 0 Å². The molecule has 6 heteroatoms. The maximum Gasteiger partial charge on any atom is 0.339 e. The summed E-state index contributed by atoms with van der Waals surface area (Å²) in [5.74, 6) is -0.154. The van der Waals surface area contributed by atoms with Crippen LogP contribution in [-0.2, 0) is 20.5 Å². The van der Waals surface area contributed by atoms with Crippen LogP contribution in [0.1, 0.15) is 40.7 Å². The third kappa shape index (κ3) is 2.50. The van der Waals surface area contributed by atoms with Crippen molar-refractivity contribution in [2.24, 2.45) is 0 Å². The van der Waals surface area contributed by atoms with Crippen molar-refractivity contribution in [1.29, 1.82) is 0 Å². The summed E-state index contributed by atoms with van der Waals surface area (Å²) in [5, 5.41) is 4.11. The van der Waals surface area contributed by atoms with E-state index in [9.17, 15) is 9.59 Å². The van der Waals surface area contributed by atoms with Gasteiger partial charge in [0.25, 0.3) is 0 Å². The van der Waals surface area contributed by atoms with Gasteiger partial charge in [-0.15, -0.1) is 0 Å². The van der Waals surface area contributed by atoms with Crippen LogP contribution in [0.4, 0.5) is 0 Å². The topological polar surface area (TPSA) is 59.5 Å². The van der Waals surface area contributed by atoms with Crippen molar-refractivity contribution in [3.8, 4) is 11.3 Å². The van der Waals surface area contributed by atoms with Gasteiger partial charge in [-0.2, -0.15) is 11.3 Å². The average Bonchev–Trinajstić information content (AvgIpc) is 3.13. The highest BCUT2D eigenvalue weighted by atomic mass is 32.1. The predicted molar refractivity (Wildman–Crippen MR) is 113 cm³/mol. The number of likely N-dealkylation sites (tertiary alicyclic amines) is 1. The number of esters is 1. The van der Waals surface area contributed by atoms with Crippen LogP contribution in [0.2, 0.25) is 0 Å². The van der Waals surface area contributed by atoms with E-state index in [1.165, 1.54) is 0 Å². The Morgan fingerprint density at radius 2 is 1.97 bits per heavy atom. The first-order valence-electron chi connectivity index (χ1n) is 10.2. The Labute approximate surface area is 178 Å². The van der Waals surface area contributed by atoms with Crippen molar-refractivity contribution in [1.82, 2.24) is 9.88 Å². The summed E-state index contributed by atoms with van der Waals surface area (Å²) < 4.78 is 5.81. The number of amides is 1. The van der Waals surface area contributed by atoms with Crippen molar-refractivity contribution < 1.29 is 14.3 Å². The van der Waals surface area contributed by atoms with Gasteiger partial charge in [0, 0.05) is 35.7 Å². The monoisotopic (exact) mass is 416 g/mol. The third-order valence-electron chi connectivity index (χ3n) is 6.74. The summed E-state index contributed by atoms with van der Waals surface area (Å²) in [6, 6.07) is 13.6. The summed E-state index contributed by atoms with van der Waals surface area (Å²) in [5.41, 5.74) is 3.38. The quantitative estimate of drug-likeness (QED) is 0.602. The first-order valence-corrected chi connectivity index (χ1v) is 11.2. The number of rotatable bonds is 3. The minimum Gasteiger partial charge on any atom is -0.449 e. The second-order valence-corrected chi connectivity index (χ2v) is 9.21. The van der Waals surface area contributed by atoms with Gasteiger partial charge in [-0.05, 0) is 42.0 Å². The molecule has 1 atom stereocenters. The Hall–Kier alpha value is -2.99. The fourth-order valence-electron chi connectivity index (χ4n) is 4.92. The Kier molecular flexibility index (Phi) is 3.72. The lowest BCUT2D eigenvalue weighted by Crippen LogP contribution is -2.40.